The van der Waals surface area contributed by atoms with Crippen molar-refractivity contribution in [3.8, 4) is 0 Å². The van der Waals surface area contributed by atoms with E-state index in [0.29, 0.717) is 0 Å². The topological polar surface area (TPSA) is 35.6 Å². The molecule has 32 heavy (non-hydrogen) atoms. The van der Waals surface area contributed by atoms with Crippen molar-refractivity contribution in [1.29, 1.82) is 0 Å². The third-order valence-corrected chi connectivity index (χ3v) is 6.60. The Morgan fingerprint density at radius 1 is 0.719 bits per heavy atom. The van der Waals surface area contributed by atoms with Gasteiger partial charge in [-0.1, -0.05) is 78.9 Å². The summed E-state index contributed by atoms with van der Waals surface area (Å²) in [5.41, 5.74) is 5.77. The highest BCUT2D eigenvalue weighted by Gasteiger charge is 2.30. The van der Waals surface area contributed by atoms with E-state index in [9.17, 15) is 4.79 Å². The van der Waals surface area contributed by atoms with E-state index in [2.05, 4.69) is 75.8 Å². The van der Waals surface area contributed by atoms with E-state index in [-0.39, 0.29) is 18.0 Å². The second kappa shape index (κ2) is 10.1. The lowest BCUT2D eigenvalue weighted by Gasteiger charge is -2.41. The summed E-state index contributed by atoms with van der Waals surface area (Å²) in [6.07, 6.45) is 0. The van der Waals surface area contributed by atoms with Gasteiger partial charge in [0.25, 0.3) is 0 Å². The fourth-order valence-corrected chi connectivity index (χ4v) is 4.67. The lowest BCUT2D eigenvalue weighted by Crippen LogP contribution is -2.53. The SMILES string of the molecule is Cc1cccc(C)c1NC(=O)[C@H](C)N1CCN(C(c2ccccc2)c2ccccc2)CC1. The standard InChI is InChI=1S/C28H33N3O/c1-21-11-10-12-22(2)26(21)29-28(32)23(3)30-17-19-31(20-18-30)27(24-13-6-4-7-14-24)25-15-8-5-9-16-25/h4-16,23,27H,17-20H2,1-3H3,(H,29,32)/t23-/m0/s1. The number of anilines is 1. The molecule has 0 bridgehead atoms. The molecule has 0 radical (unpaired) electrons. The number of hydrogen-bond donors (Lipinski definition) is 1. The molecule has 0 aromatic heterocycles. The van der Waals surface area contributed by atoms with Gasteiger partial charge in [0.2, 0.25) is 5.91 Å². The molecule has 166 valence electrons. The van der Waals surface area contributed by atoms with E-state index in [1.165, 1.54) is 11.1 Å². The smallest absolute Gasteiger partial charge is 0.241 e. The Morgan fingerprint density at radius 2 is 1.19 bits per heavy atom. The van der Waals surface area contributed by atoms with Crippen LogP contribution in [0.3, 0.4) is 0 Å². The van der Waals surface area contributed by atoms with Crippen LogP contribution in [-0.4, -0.2) is 47.9 Å². The van der Waals surface area contributed by atoms with Gasteiger partial charge in [-0.15, -0.1) is 0 Å². The zero-order valence-corrected chi connectivity index (χ0v) is 19.3. The maximum Gasteiger partial charge on any atom is 0.241 e. The molecule has 1 fully saturated rings. The first kappa shape index (κ1) is 22.3. The molecule has 1 aliphatic rings. The number of rotatable bonds is 6. The van der Waals surface area contributed by atoms with Gasteiger partial charge in [-0.3, -0.25) is 14.6 Å². The van der Waals surface area contributed by atoms with Crippen LogP contribution in [0.4, 0.5) is 5.69 Å². The largest absolute Gasteiger partial charge is 0.324 e. The summed E-state index contributed by atoms with van der Waals surface area (Å²) >= 11 is 0. The van der Waals surface area contributed by atoms with Gasteiger partial charge >= 0.3 is 0 Å². The number of amides is 1. The van der Waals surface area contributed by atoms with E-state index in [1.807, 2.05) is 39.0 Å². The molecule has 1 aliphatic heterocycles. The second-order valence-electron chi connectivity index (χ2n) is 8.73. The van der Waals surface area contributed by atoms with E-state index >= 15 is 0 Å². The Balaban J connectivity index is 1.44. The van der Waals surface area contributed by atoms with Crippen LogP contribution < -0.4 is 5.32 Å². The number of carbonyl (C=O) groups excluding carboxylic acids is 1. The van der Waals surface area contributed by atoms with Gasteiger partial charge in [-0.05, 0) is 43.0 Å². The molecule has 4 rings (SSSR count). The number of para-hydroxylation sites is 1. The average Bonchev–Trinajstić information content (AvgIpc) is 2.83. The molecule has 3 aromatic carbocycles. The Hall–Kier alpha value is -2.95. The number of benzene rings is 3. The zero-order valence-electron chi connectivity index (χ0n) is 19.3. The molecule has 1 heterocycles. The third kappa shape index (κ3) is 4.93. The average molecular weight is 428 g/mol. The van der Waals surface area contributed by atoms with Crippen LogP contribution >= 0.6 is 0 Å². The van der Waals surface area contributed by atoms with Crippen LogP contribution in [0.15, 0.2) is 78.9 Å². The van der Waals surface area contributed by atoms with Crippen molar-refractivity contribution in [1.82, 2.24) is 9.80 Å². The molecule has 1 amide bonds. The minimum Gasteiger partial charge on any atom is -0.324 e. The highest BCUT2D eigenvalue weighted by molar-refractivity contribution is 5.95. The summed E-state index contributed by atoms with van der Waals surface area (Å²) < 4.78 is 0. The molecule has 0 aliphatic carbocycles. The Bertz CT molecular complexity index is 967. The Morgan fingerprint density at radius 3 is 1.69 bits per heavy atom. The second-order valence-corrected chi connectivity index (χ2v) is 8.73. The number of piperazine rings is 1. The van der Waals surface area contributed by atoms with Crippen molar-refractivity contribution in [2.75, 3.05) is 31.5 Å². The lowest BCUT2D eigenvalue weighted by molar-refractivity contribution is -0.121. The van der Waals surface area contributed by atoms with Crippen LogP contribution in [0, 0.1) is 13.8 Å². The fourth-order valence-electron chi connectivity index (χ4n) is 4.67. The number of carbonyl (C=O) groups is 1. The molecule has 1 N–H and O–H groups in total. The first-order valence-electron chi connectivity index (χ1n) is 11.5. The van der Waals surface area contributed by atoms with Crippen LogP contribution in [-0.2, 0) is 4.79 Å². The first-order valence-corrected chi connectivity index (χ1v) is 11.5. The molecule has 0 spiro atoms. The van der Waals surface area contributed by atoms with Crippen molar-refractivity contribution < 1.29 is 4.79 Å². The van der Waals surface area contributed by atoms with Crippen molar-refractivity contribution in [3.05, 3.63) is 101 Å². The van der Waals surface area contributed by atoms with E-state index in [1.54, 1.807) is 0 Å². The van der Waals surface area contributed by atoms with Crippen LogP contribution in [0.25, 0.3) is 0 Å². The van der Waals surface area contributed by atoms with E-state index in [4.69, 9.17) is 0 Å². The van der Waals surface area contributed by atoms with Gasteiger partial charge < -0.3 is 5.32 Å². The summed E-state index contributed by atoms with van der Waals surface area (Å²) in [5.74, 6) is 0.0681. The maximum absolute atomic E-state index is 13.0. The minimum absolute atomic E-state index is 0.0681. The van der Waals surface area contributed by atoms with Gasteiger partial charge in [0.15, 0.2) is 0 Å². The summed E-state index contributed by atoms with van der Waals surface area (Å²) in [5, 5.41) is 3.17. The fraction of sp³-hybridized carbons (Fsp3) is 0.321. The number of nitrogens with one attached hydrogen (secondary N) is 1. The Kier molecular flexibility index (Phi) is 7.03. The zero-order chi connectivity index (χ0) is 22.5. The first-order chi connectivity index (χ1) is 15.5. The third-order valence-electron chi connectivity index (χ3n) is 6.60. The molecule has 1 saturated heterocycles. The summed E-state index contributed by atoms with van der Waals surface area (Å²) in [6.45, 7) is 9.70. The molecule has 1 atom stereocenters. The predicted molar refractivity (Wildman–Crippen MR) is 132 cm³/mol. The van der Waals surface area contributed by atoms with Gasteiger partial charge in [0.05, 0.1) is 12.1 Å². The number of hydrogen-bond acceptors (Lipinski definition) is 3. The van der Waals surface area contributed by atoms with Crippen molar-refractivity contribution in [2.45, 2.75) is 32.9 Å². The van der Waals surface area contributed by atoms with Crippen LogP contribution in [0.2, 0.25) is 0 Å². The van der Waals surface area contributed by atoms with Crippen LogP contribution in [0.5, 0.6) is 0 Å². The molecular formula is C28H33N3O. The van der Waals surface area contributed by atoms with Gasteiger partial charge in [0, 0.05) is 31.9 Å². The van der Waals surface area contributed by atoms with Gasteiger partial charge in [-0.25, -0.2) is 0 Å². The highest BCUT2D eigenvalue weighted by Crippen LogP contribution is 2.30. The molecule has 0 unspecified atom stereocenters. The number of nitrogens with zero attached hydrogens (tertiary/aromatic N) is 2. The Labute approximate surface area is 191 Å². The normalized spacial score (nSPS) is 16.1. The van der Waals surface area contributed by atoms with Crippen molar-refractivity contribution in [3.63, 3.8) is 0 Å². The van der Waals surface area contributed by atoms with Gasteiger partial charge in [0.1, 0.15) is 0 Å². The summed E-state index contributed by atoms with van der Waals surface area (Å²) in [6, 6.07) is 27.6. The molecular weight excluding hydrogens is 394 g/mol. The monoisotopic (exact) mass is 427 g/mol. The number of aryl methyl sites for hydroxylation is 2. The quantitative estimate of drug-likeness (QED) is 0.599. The predicted octanol–water partition coefficient (Wildman–Crippen LogP) is 5.04. The van der Waals surface area contributed by atoms with Gasteiger partial charge in [-0.2, -0.15) is 0 Å². The molecule has 4 heteroatoms. The summed E-state index contributed by atoms with van der Waals surface area (Å²) in [7, 11) is 0. The van der Waals surface area contributed by atoms with E-state index in [0.717, 1.165) is 43.0 Å². The lowest BCUT2D eigenvalue weighted by atomic mass is 9.96. The molecule has 0 saturated carbocycles. The van der Waals surface area contributed by atoms with E-state index < -0.39 is 0 Å². The van der Waals surface area contributed by atoms with Crippen molar-refractivity contribution >= 4 is 11.6 Å². The minimum atomic E-state index is -0.164. The summed E-state index contributed by atoms with van der Waals surface area (Å²) in [4.78, 5) is 17.8. The maximum atomic E-state index is 13.0. The van der Waals surface area contributed by atoms with Crippen LogP contribution in [0.1, 0.15) is 35.2 Å². The highest BCUT2D eigenvalue weighted by atomic mass is 16.2. The molecule has 4 nitrogen and oxygen atoms in total. The van der Waals surface area contributed by atoms with Crippen molar-refractivity contribution in [2.24, 2.45) is 0 Å². The molecule has 3 aromatic rings.